The average molecular weight is 460 g/mol. The molecule has 0 saturated heterocycles. The van der Waals surface area contributed by atoms with Crippen LogP contribution in [0.15, 0.2) is 42.5 Å². The lowest BCUT2D eigenvalue weighted by Crippen LogP contribution is -2.34. The smallest absolute Gasteiger partial charge is 0.319 e. The Balaban J connectivity index is 1.91. The normalized spacial score (nSPS) is 10.8. The molecule has 7 nitrogen and oxygen atoms in total. The summed E-state index contributed by atoms with van der Waals surface area (Å²) in [6, 6.07) is 10.5. The second-order valence-corrected chi connectivity index (χ2v) is 7.79. The van der Waals surface area contributed by atoms with Gasteiger partial charge in [0.15, 0.2) is 11.5 Å². The van der Waals surface area contributed by atoms with Crippen molar-refractivity contribution < 1.29 is 19.1 Å². The lowest BCUT2D eigenvalue weighted by Gasteiger charge is -2.12. The van der Waals surface area contributed by atoms with Gasteiger partial charge in [0.1, 0.15) is 0 Å². The number of nitrogens with one attached hydrogen (secondary N) is 3. The summed E-state index contributed by atoms with van der Waals surface area (Å²) in [5, 5.41) is 8.76. The molecular formula is C24H30ClN3O4. The zero-order valence-electron chi connectivity index (χ0n) is 18.8. The number of benzene rings is 2. The van der Waals surface area contributed by atoms with E-state index in [4.69, 9.17) is 21.1 Å². The van der Waals surface area contributed by atoms with Crippen LogP contribution >= 0.6 is 11.6 Å². The molecule has 2 aromatic rings. The number of hydrogen-bond donors (Lipinski definition) is 3. The maximum absolute atomic E-state index is 12.2. The highest BCUT2D eigenvalue weighted by atomic mass is 35.5. The fourth-order valence-corrected chi connectivity index (χ4v) is 3.01. The van der Waals surface area contributed by atoms with Gasteiger partial charge in [-0.15, -0.1) is 0 Å². The number of carbonyl (C=O) groups is 2. The number of ether oxygens (including phenoxy) is 2. The number of methoxy groups -OCH3 is 1. The van der Waals surface area contributed by atoms with E-state index < -0.39 is 0 Å². The topological polar surface area (TPSA) is 88.7 Å². The molecule has 0 atom stereocenters. The predicted octanol–water partition coefficient (Wildman–Crippen LogP) is 5.00. The lowest BCUT2D eigenvalue weighted by atomic mass is 10.1. The zero-order chi connectivity index (χ0) is 23.5. The Morgan fingerprint density at radius 1 is 1.16 bits per heavy atom. The first-order valence-corrected chi connectivity index (χ1v) is 10.8. The van der Waals surface area contributed by atoms with Crippen LogP contribution in [0.3, 0.4) is 0 Å². The van der Waals surface area contributed by atoms with Crippen LogP contribution in [0.25, 0.3) is 6.08 Å². The molecule has 0 bridgehead atoms. The van der Waals surface area contributed by atoms with Crippen molar-refractivity contribution in [1.29, 1.82) is 0 Å². The molecule has 3 amide bonds. The van der Waals surface area contributed by atoms with Gasteiger partial charge in [-0.2, -0.15) is 0 Å². The minimum Gasteiger partial charge on any atom is -0.493 e. The van der Waals surface area contributed by atoms with E-state index in [0.29, 0.717) is 35.4 Å². The van der Waals surface area contributed by atoms with E-state index in [1.807, 2.05) is 32.9 Å². The van der Waals surface area contributed by atoms with Gasteiger partial charge in [-0.25, -0.2) is 4.79 Å². The van der Waals surface area contributed by atoms with Crippen LogP contribution < -0.4 is 25.4 Å². The van der Waals surface area contributed by atoms with E-state index in [1.165, 1.54) is 6.08 Å². The molecule has 0 radical (unpaired) electrons. The minimum atomic E-state index is -0.257. The summed E-state index contributed by atoms with van der Waals surface area (Å²) in [6.45, 7) is 6.68. The maximum atomic E-state index is 12.2. The second-order valence-electron chi connectivity index (χ2n) is 7.38. The average Bonchev–Trinajstić information content (AvgIpc) is 2.75. The van der Waals surface area contributed by atoms with Gasteiger partial charge < -0.3 is 25.4 Å². The third kappa shape index (κ3) is 8.15. The van der Waals surface area contributed by atoms with Crippen molar-refractivity contribution in [3.05, 3.63) is 58.6 Å². The van der Waals surface area contributed by atoms with E-state index in [0.717, 1.165) is 17.5 Å². The van der Waals surface area contributed by atoms with E-state index in [1.54, 1.807) is 37.5 Å². The maximum Gasteiger partial charge on any atom is 0.319 e. The van der Waals surface area contributed by atoms with Crippen LogP contribution in [-0.2, 0) is 11.3 Å². The van der Waals surface area contributed by atoms with Crippen molar-refractivity contribution >= 4 is 35.3 Å². The molecule has 0 aliphatic heterocycles. The molecule has 0 aliphatic carbocycles. The summed E-state index contributed by atoms with van der Waals surface area (Å²) in [5.41, 5.74) is 2.31. The number of hydrogen-bond acceptors (Lipinski definition) is 4. The summed E-state index contributed by atoms with van der Waals surface area (Å²) in [5.74, 6) is 0.768. The molecule has 172 valence electrons. The first-order chi connectivity index (χ1) is 15.3. The Morgan fingerprint density at radius 3 is 2.50 bits per heavy atom. The molecule has 0 aromatic heterocycles. The molecule has 32 heavy (non-hydrogen) atoms. The molecule has 3 N–H and O–H groups in total. The molecular weight excluding hydrogens is 430 g/mol. The van der Waals surface area contributed by atoms with E-state index in [2.05, 4.69) is 16.0 Å². The predicted molar refractivity (Wildman–Crippen MR) is 128 cm³/mol. The van der Waals surface area contributed by atoms with Crippen LogP contribution in [0.1, 0.15) is 38.3 Å². The van der Waals surface area contributed by atoms with Crippen LogP contribution in [0, 0.1) is 0 Å². The van der Waals surface area contributed by atoms with Crippen molar-refractivity contribution in [3.8, 4) is 11.5 Å². The van der Waals surface area contributed by atoms with Gasteiger partial charge in [0.2, 0.25) is 5.91 Å². The standard InChI is InChI=1S/C24H30ClN3O4/c1-5-12-32-23-20(25)13-18(14-21(23)31-4)8-11-22(29)26-15-17-6-9-19(10-7-17)28-24(30)27-16(2)3/h6-11,13-14,16H,5,12,15H2,1-4H3,(H,26,29)(H2,27,28,30). The third-order valence-electron chi connectivity index (χ3n) is 4.23. The van der Waals surface area contributed by atoms with Gasteiger partial charge in [-0.1, -0.05) is 30.7 Å². The molecule has 2 aromatic carbocycles. The third-order valence-corrected chi connectivity index (χ3v) is 4.51. The van der Waals surface area contributed by atoms with E-state index in [9.17, 15) is 9.59 Å². The molecule has 8 heteroatoms. The van der Waals surface area contributed by atoms with Crippen LogP contribution in [0.4, 0.5) is 10.5 Å². The van der Waals surface area contributed by atoms with E-state index >= 15 is 0 Å². The highest BCUT2D eigenvalue weighted by Crippen LogP contribution is 2.36. The number of carbonyl (C=O) groups excluding carboxylic acids is 2. The van der Waals surface area contributed by atoms with Gasteiger partial charge >= 0.3 is 6.03 Å². The number of anilines is 1. The summed E-state index contributed by atoms with van der Waals surface area (Å²) in [7, 11) is 1.54. The molecule has 0 heterocycles. The van der Waals surface area contributed by atoms with Gasteiger partial charge in [0.05, 0.1) is 18.7 Å². The largest absolute Gasteiger partial charge is 0.493 e. The Morgan fingerprint density at radius 2 is 1.88 bits per heavy atom. The first-order valence-electron chi connectivity index (χ1n) is 10.4. The number of rotatable bonds is 10. The van der Waals surface area contributed by atoms with Crippen molar-refractivity contribution in [2.75, 3.05) is 19.0 Å². The summed E-state index contributed by atoms with van der Waals surface area (Å²) in [6.07, 6.45) is 3.95. The van der Waals surface area contributed by atoms with Crippen LogP contribution in [-0.4, -0.2) is 31.7 Å². The second kappa shape index (κ2) is 12.6. The summed E-state index contributed by atoms with van der Waals surface area (Å²) in [4.78, 5) is 23.9. The summed E-state index contributed by atoms with van der Waals surface area (Å²) >= 11 is 6.30. The van der Waals surface area contributed by atoms with Gasteiger partial charge in [0, 0.05) is 24.4 Å². The van der Waals surface area contributed by atoms with E-state index in [-0.39, 0.29) is 18.0 Å². The first kappa shape index (κ1) is 25.1. The highest BCUT2D eigenvalue weighted by molar-refractivity contribution is 6.32. The fourth-order valence-electron chi connectivity index (χ4n) is 2.74. The quantitative estimate of drug-likeness (QED) is 0.436. The van der Waals surface area contributed by atoms with Gasteiger partial charge in [-0.05, 0) is 61.7 Å². The lowest BCUT2D eigenvalue weighted by molar-refractivity contribution is -0.116. The fraction of sp³-hybridized carbons (Fsp3) is 0.333. The van der Waals surface area contributed by atoms with Gasteiger partial charge in [-0.3, -0.25) is 4.79 Å². The van der Waals surface area contributed by atoms with Crippen LogP contribution in [0.5, 0.6) is 11.5 Å². The Hall–Kier alpha value is -3.19. The van der Waals surface area contributed by atoms with Crippen molar-refractivity contribution in [3.63, 3.8) is 0 Å². The number of urea groups is 1. The Kier molecular flexibility index (Phi) is 9.88. The SMILES string of the molecule is CCCOc1c(Cl)cc(C=CC(=O)NCc2ccc(NC(=O)NC(C)C)cc2)cc1OC. The van der Waals surface area contributed by atoms with Crippen molar-refractivity contribution in [2.24, 2.45) is 0 Å². The zero-order valence-corrected chi connectivity index (χ0v) is 19.6. The molecule has 0 saturated carbocycles. The minimum absolute atomic E-state index is 0.0574. The number of halogens is 1. The Labute approximate surface area is 194 Å². The van der Waals surface area contributed by atoms with Gasteiger partial charge in [0.25, 0.3) is 0 Å². The molecule has 0 aliphatic rings. The van der Waals surface area contributed by atoms with Crippen LogP contribution in [0.2, 0.25) is 5.02 Å². The number of amides is 3. The molecule has 0 fully saturated rings. The van der Waals surface area contributed by atoms with Crippen molar-refractivity contribution in [2.45, 2.75) is 39.8 Å². The molecule has 0 spiro atoms. The molecule has 0 unspecified atom stereocenters. The monoisotopic (exact) mass is 459 g/mol. The Bertz CT molecular complexity index is 943. The van der Waals surface area contributed by atoms with Crippen molar-refractivity contribution in [1.82, 2.24) is 10.6 Å². The highest BCUT2D eigenvalue weighted by Gasteiger charge is 2.11. The summed E-state index contributed by atoms with van der Waals surface area (Å²) < 4.78 is 11.0. The molecule has 2 rings (SSSR count).